The van der Waals surface area contributed by atoms with Crippen molar-refractivity contribution in [2.24, 2.45) is 5.10 Å². The van der Waals surface area contributed by atoms with E-state index in [2.05, 4.69) is 42.4 Å². The Bertz CT molecular complexity index is 1090. The number of benzene rings is 2. The van der Waals surface area contributed by atoms with E-state index in [0.717, 1.165) is 61.1 Å². The van der Waals surface area contributed by atoms with Crippen LogP contribution < -0.4 is 20.0 Å². The van der Waals surface area contributed by atoms with Gasteiger partial charge in [-0.1, -0.05) is 30.3 Å². The van der Waals surface area contributed by atoms with Crippen molar-refractivity contribution in [3.05, 3.63) is 42.0 Å². The molecule has 3 heterocycles. The van der Waals surface area contributed by atoms with E-state index in [1.807, 2.05) is 24.3 Å². The first-order chi connectivity index (χ1) is 16.3. The smallest absolute Gasteiger partial charge is 0.250 e. The van der Waals surface area contributed by atoms with Crippen LogP contribution in [0.1, 0.15) is 24.8 Å². The van der Waals surface area contributed by atoms with Crippen molar-refractivity contribution in [2.45, 2.75) is 19.3 Å². The van der Waals surface area contributed by atoms with Crippen LogP contribution in [-0.4, -0.2) is 67.7 Å². The highest BCUT2D eigenvalue weighted by Crippen LogP contribution is 2.26. The molecule has 2 fully saturated rings. The normalized spacial score (nSPS) is 17.0. The fourth-order valence-electron chi connectivity index (χ4n) is 4.29. The molecule has 2 aromatic carbocycles. The number of aromatic nitrogens is 3. The standard InChI is InChI=1S/C24H29N7O2/c1-32-21-10-9-18-7-3-4-8-19(18)20(21)17-25-29-22-26-23(30-11-5-2-6-12-30)28-24(27-22)31-13-15-33-16-14-31/h3-4,7-10,17H,2,5-6,11-16H2,1H3,(H,26,27,28,29)/b25-17-. The van der Waals surface area contributed by atoms with Crippen LogP contribution in [-0.2, 0) is 4.74 Å². The summed E-state index contributed by atoms with van der Waals surface area (Å²) < 4.78 is 11.1. The van der Waals surface area contributed by atoms with Crippen molar-refractivity contribution >= 4 is 34.8 Å². The van der Waals surface area contributed by atoms with Gasteiger partial charge in [-0.15, -0.1) is 0 Å². The van der Waals surface area contributed by atoms with Crippen molar-refractivity contribution in [1.29, 1.82) is 0 Å². The molecule has 1 N–H and O–H groups in total. The minimum absolute atomic E-state index is 0.433. The average Bonchev–Trinajstić information content (AvgIpc) is 2.89. The van der Waals surface area contributed by atoms with Gasteiger partial charge in [-0.25, -0.2) is 5.43 Å². The number of hydrogen-bond acceptors (Lipinski definition) is 9. The maximum absolute atomic E-state index is 5.57. The first-order valence-corrected chi connectivity index (χ1v) is 11.5. The summed E-state index contributed by atoms with van der Waals surface area (Å²) >= 11 is 0. The minimum Gasteiger partial charge on any atom is -0.496 e. The summed E-state index contributed by atoms with van der Waals surface area (Å²) in [7, 11) is 1.67. The zero-order valence-electron chi connectivity index (χ0n) is 18.9. The molecule has 1 aromatic heterocycles. The molecule has 5 rings (SSSR count). The van der Waals surface area contributed by atoms with E-state index in [9.17, 15) is 0 Å². The Morgan fingerprint density at radius 3 is 2.39 bits per heavy atom. The third kappa shape index (κ3) is 4.83. The van der Waals surface area contributed by atoms with Gasteiger partial charge in [0.2, 0.25) is 17.8 Å². The Morgan fingerprint density at radius 2 is 1.64 bits per heavy atom. The Labute approximate surface area is 193 Å². The SMILES string of the molecule is COc1ccc2ccccc2c1/C=N\Nc1nc(N2CCCCC2)nc(N2CCOCC2)n1. The van der Waals surface area contributed by atoms with Gasteiger partial charge in [-0.2, -0.15) is 20.1 Å². The predicted octanol–water partition coefficient (Wildman–Crippen LogP) is 3.31. The van der Waals surface area contributed by atoms with E-state index >= 15 is 0 Å². The molecular formula is C24H29N7O2. The van der Waals surface area contributed by atoms with E-state index in [1.165, 1.54) is 6.42 Å². The number of methoxy groups -OCH3 is 1. The number of anilines is 3. The van der Waals surface area contributed by atoms with Crippen LogP contribution in [0.2, 0.25) is 0 Å². The number of fused-ring (bicyclic) bond motifs is 1. The van der Waals surface area contributed by atoms with Crippen molar-refractivity contribution in [3.8, 4) is 5.75 Å². The van der Waals surface area contributed by atoms with Gasteiger partial charge in [0.15, 0.2) is 0 Å². The minimum atomic E-state index is 0.433. The summed E-state index contributed by atoms with van der Waals surface area (Å²) in [5.74, 6) is 2.56. The monoisotopic (exact) mass is 447 g/mol. The van der Waals surface area contributed by atoms with Gasteiger partial charge >= 0.3 is 0 Å². The van der Waals surface area contributed by atoms with Crippen LogP contribution in [0.5, 0.6) is 5.75 Å². The Balaban J connectivity index is 1.44. The molecule has 172 valence electrons. The lowest BCUT2D eigenvalue weighted by Crippen LogP contribution is -2.38. The van der Waals surface area contributed by atoms with Crippen molar-refractivity contribution in [1.82, 2.24) is 15.0 Å². The molecule has 33 heavy (non-hydrogen) atoms. The third-order valence-electron chi connectivity index (χ3n) is 6.05. The number of morpholine rings is 1. The highest BCUT2D eigenvalue weighted by Gasteiger charge is 2.20. The molecule has 0 bridgehead atoms. The van der Waals surface area contributed by atoms with Crippen LogP contribution in [0.4, 0.5) is 17.8 Å². The Kier molecular flexibility index (Phi) is 6.48. The lowest BCUT2D eigenvalue weighted by Gasteiger charge is -2.30. The number of rotatable bonds is 6. The number of piperidine rings is 1. The van der Waals surface area contributed by atoms with E-state index < -0.39 is 0 Å². The maximum atomic E-state index is 5.57. The molecule has 2 aliphatic heterocycles. The quantitative estimate of drug-likeness (QED) is 0.455. The number of nitrogens with zero attached hydrogens (tertiary/aromatic N) is 6. The van der Waals surface area contributed by atoms with Gasteiger partial charge in [0.05, 0.1) is 26.5 Å². The predicted molar refractivity (Wildman–Crippen MR) is 131 cm³/mol. The summed E-state index contributed by atoms with van der Waals surface area (Å²) in [5, 5.41) is 6.67. The molecule has 9 heteroatoms. The molecule has 9 nitrogen and oxygen atoms in total. The van der Waals surface area contributed by atoms with Crippen molar-refractivity contribution in [3.63, 3.8) is 0 Å². The molecule has 0 aliphatic carbocycles. The van der Waals surface area contributed by atoms with E-state index in [1.54, 1.807) is 13.3 Å². The second-order valence-electron chi connectivity index (χ2n) is 8.18. The number of ether oxygens (including phenoxy) is 2. The molecule has 3 aromatic rings. The number of hydrogen-bond donors (Lipinski definition) is 1. The Hall–Kier alpha value is -3.46. The highest BCUT2D eigenvalue weighted by molar-refractivity contribution is 6.02. The van der Waals surface area contributed by atoms with Crippen molar-refractivity contribution < 1.29 is 9.47 Å². The first kappa shape index (κ1) is 21.4. The number of hydrazone groups is 1. The van der Waals surface area contributed by atoms with Gasteiger partial charge in [0.1, 0.15) is 5.75 Å². The molecule has 0 atom stereocenters. The summed E-state index contributed by atoms with van der Waals surface area (Å²) in [6, 6.07) is 12.2. The van der Waals surface area contributed by atoms with Crippen LogP contribution in [0.15, 0.2) is 41.5 Å². The third-order valence-corrected chi connectivity index (χ3v) is 6.05. The van der Waals surface area contributed by atoms with Gasteiger partial charge < -0.3 is 19.3 Å². The molecule has 0 amide bonds. The zero-order chi connectivity index (χ0) is 22.5. The molecule has 0 spiro atoms. The lowest BCUT2D eigenvalue weighted by atomic mass is 10.0. The van der Waals surface area contributed by atoms with E-state index in [4.69, 9.17) is 14.5 Å². The topological polar surface area (TPSA) is 88.0 Å². The summed E-state index contributed by atoms with van der Waals surface area (Å²) in [4.78, 5) is 18.5. The molecule has 2 aliphatic rings. The fourth-order valence-corrected chi connectivity index (χ4v) is 4.29. The first-order valence-electron chi connectivity index (χ1n) is 11.5. The summed E-state index contributed by atoms with van der Waals surface area (Å²) in [6.45, 7) is 4.79. The van der Waals surface area contributed by atoms with Crippen LogP contribution >= 0.6 is 0 Å². The Morgan fingerprint density at radius 1 is 0.909 bits per heavy atom. The molecule has 2 saturated heterocycles. The van der Waals surface area contributed by atoms with Crippen LogP contribution in [0.3, 0.4) is 0 Å². The second kappa shape index (κ2) is 9.99. The summed E-state index contributed by atoms with van der Waals surface area (Å²) in [6.07, 6.45) is 5.32. The van der Waals surface area contributed by atoms with Crippen LogP contribution in [0, 0.1) is 0 Å². The highest BCUT2D eigenvalue weighted by atomic mass is 16.5. The molecule has 0 unspecified atom stereocenters. The second-order valence-corrected chi connectivity index (χ2v) is 8.18. The van der Waals surface area contributed by atoms with Gasteiger partial charge in [0.25, 0.3) is 0 Å². The molecule has 0 saturated carbocycles. The zero-order valence-corrected chi connectivity index (χ0v) is 18.9. The van der Waals surface area contributed by atoms with Crippen LogP contribution in [0.25, 0.3) is 10.8 Å². The van der Waals surface area contributed by atoms with E-state index in [0.29, 0.717) is 31.1 Å². The lowest BCUT2D eigenvalue weighted by molar-refractivity contribution is 0.122. The number of nitrogens with one attached hydrogen (secondary N) is 1. The fraction of sp³-hybridized carbons (Fsp3) is 0.417. The van der Waals surface area contributed by atoms with Gasteiger partial charge in [-0.3, -0.25) is 0 Å². The largest absolute Gasteiger partial charge is 0.496 e. The molecule has 0 radical (unpaired) electrons. The summed E-state index contributed by atoms with van der Waals surface area (Å²) in [5.41, 5.74) is 3.94. The van der Waals surface area contributed by atoms with Gasteiger partial charge in [-0.05, 0) is 36.1 Å². The van der Waals surface area contributed by atoms with Gasteiger partial charge in [0, 0.05) is 31.7 Å². The van der Waals surface area contributed by atoms with E-state index in [-0.39, 0.29) is 0 Å². The molecular weight excluding hydrogens is 418 g/mol. The average molecular weight is 448 g/mol. The van der Waals surface area contributed by atoms with Crippen molar-refractivity contribution in [2.75, 3.05) is 61.7 Å². The maximum Gasteiger partial charge on any atom is 0.250 e.